The lowest BCUT2D eigenvalue weighted by molar-refractivity contribution is -0.126. The molecule has 16 heavy (non-hydrogen) atoms. The number of rotatable bonds is 3. The van der Waals surface area contributed by atoms with Gasteiger partial charge in [0, 0.05) is 17.8 Å². The van der Waals surface area contributed by atoms with Gasteiger partial charge in [0.2, 0.25) is 5.91 Å². The first-order valence-corrected chi connectivity index (χ1v) is 7.17. The van der Waals surface area contributed by atoms with Crippen molar-refractivity contribution in [1.82, 2.24) is 5.32 Å². The molecule has 4 atom stereocenters. The Morgan fingerprint density at radius 1 is 1.19 bits per heavy atom. The zero-order chi connectivity index (χ0) is 11.1. The molecule has 3 aliphatic carbocycles. The third-order valence-electron chi connectivity index (χ3n) is 4.80. The van der Waals surface area contributed by atoms with Crippen LogP contribution < -0.4 is 5.32 Å². The lowest BCUT2D eigenvalue weighted by Crippen LogP contribution is -2.41. The average molecular weight is 242 g/mol. The van der Waals surface area contributed by atoms with Crippen molar-refractivity contribution in [3.8, 4) is 0 Å². The van der Waals surface area contributed by atoms with Crippen LogP contribution in [0.4, 0.5) is 0 Å². The molecule has 0 bridgehead atoms. The zero-order valence-corrected chi connectivity index (χ0v) is 10.4. The number of hydrogen-bond acceptors (Lipinski definition) is 1. The van der Waals surface area contributed by atoms with E-state index >= 15 is 0 Å². The van der Waals surface area contributed by atoms with E-state index in [9.17, 15) is 4.79 Å². The molecule has 3 saturated carbocycles. The molecule has 0 heterocycles. The molecule has 3 aliphatic rings. The third-order valence-corrected chi connectivity index (χ3v) is 5.20. The van der Waals surface area contributed by atoms with Gasteiger partial charge in [-0.1, -0.05) is 6.42 Å². The van der Waals surface area contributed by atoms with Crippen molar-refractivity contribution in [2.75, 3.05) is 5.88 Å². The summed E-state index contributed by atoms with van der Waals surface area (Å²) in [5, 5.41) is 3.24. The molecule has 4 unspecified atom stereocenters. The van der Waals surface area contributed by atoms with Crippen LogP contribution in [0.25, 0.3) is 0 Å². The van der Waals surface area contributed by atoms with Crippen molar-refractivity contribution in [2.24, 2.45) is 23.7 Å². The van der Waals surface area contributed by atoms with E-state index in [1.54, 1.807) is 0 Å². The van der Waals surface area contributed by atoms with Crippen molar-refractivity contribution in [1.29, 1.82) is 0 Å². The minimum atomic E-state index is 0.314. The SMILES string of the molecule is O=C(NC1CCCC1CCl)C1CC2CC2C1. The summed E-state index contributed by atoms with van der Waals surface area (Å²) in [4.78, 5) is 12.1. The van der Waals surface area contributed by atoms with E-state index in [1.165, 1.54) is 19.3 Å². The molecule has 3 fully saturated rings. The molecular weight excluding hydrogens is 222 g/mol. The summed E-state index contributed by atoms with van der Waals surface area (Å²) in [5.41, 5.74) is 0. The highest BCUT2D eigenvalue weighted by atomic mass is 35.5. The van der Waals surface area contributed by atoms with Crippen LogP contribution in [0.5, 0.6) is 0 Å². The summed E-state index contributed by atoms with van der Waals surface area (Å²) in [6, 6.07) is 0.363. The van der Waals surface area contributed by atoms with Gasteiger partial charge in [-0.2, -0.15) is 0 Å². The Bertz CT molecular complexity index is 284. The second kappa shape index (κ2) is 4.21. The van der Waals surface area contributed by atoms with Crippen LogP contribution in [0.3, 0.4) is 0 Å². The molecule has 0 radical (unpaired) electrons. The molecule has 0 aromatic rings. The lowest BCUT2D eigenvalue weighted by Gasteiger charge is -2.21. The van der Waals surface area contributed by atoms with Crippen molar-refractivity contribution in [2.45, 2.75) is 44.6 Å². The largest absolute Gasteiger partial charge is 0.353 e. The number of alkyl halides is 1. The van der Waals surface area contributed by atoms with Gasteiger partial charge in [-0.15, -0.1) is 11.6 Å². The smallest absolute Gasteiger partial charge is 0.223 e. The molecule has 0 aromatic carbocycles. The van der Waals surface area contributed by atoms with E-state index in [4.69, 9.17) is 11.6 Å². The summed E-state index contributed by atoms with van der Waals surface area (Å²) in [6.45, 7) is 0. The van der Waals surface area contributed by atoms with Crippen molar-refractivity contribution in [3.63, 3.8) is 0 Å². The van der Waals surface area contributed by atoms with Gasteiger partial charge in [-0.05, 0) is 49.9 Å². The fourth-order valence-electron chi connectivity index (χ4n) is 3.64. The summed E-state index contributed by atoms with van der Waals surface area (Å²) in [6.07, 6.45) is 7.21. The fourth-order valence-corrected chi connectivity index (χ4v) is 4.01. The summed E-state index contributed by atoms with van der Waals surface area (Å²) >= 11 is 5.92. The third kappa shape index (κ3) is 1.97. The number of hydrogen-bond donors (Lipinski definition) is 1. The fraction of sp³-hybridized carbons (Fsp3) is 0.923. The van der Waals surface area contributed by atoms with Crippen molar-refractivity contribution >= 4 is 17.5 Å². The van der Waals surface area contributed by atoms with Gasteiger partial charge in [0.1, 0.15) is 0 Å². The highest BCUT2D eigenvalue weighted by Gasteiger charge is 2.48. The maximum Gasteiger partial charge on any atom is 0.223 e. The van der Waals surface area contributed by atoms with Crippen LogP contribution in [0.1, 0.15) is 38.5 Å². The van der Waals surface area contributed by atoms with Gasteiger partial charge >= 0.3 is 0 Å². The van der Waals surface area contributed by atoms with Crippen LogP contribution in [-0.4, -0.2) is 17.8 Å². The Hall–Kier alpha value is -0.240. The molecule has 1 N–H and O–H groups in total. The first-order chi connectivity index (χ1) is 7.78. The van der Waals surface area contributed by atoms with Gasteiger partial charge < -0.3 is 5.32 Å². The quantitative estimate of drug-likeness (QED) is 0.756. The number of nitrogens with one attached hydrogen (secondary N) is 1. The van der Waals surface area contributed by atoms with Crippen LogP contribution in [0, 0.1) is 23.7 Å². The second-order valence-corrected chi connectivity index (χ2v) is 6.19. The highest BCUT2D eigenvalue weighted by molar-refractivity contribution is 6.18. The standard InChI is InChI=1S/C13H20ClNO/c14-7-8-2-1-3-12(8)15-13(16)11-5-9-4-10(9)6-11/h8-12H,1-7H2,(H,15,16). The summed E-state index contributed by atoms with van der Waals surface area (Å²) < 4.78 is 0. The molecule has 0 aliphatic heterocycles. The predicted molar refractivity (Wildman–Crippen MR) is 64.3 cm³/mol. The topological polar surface area (TPSA) is 29.1 Å². The lowest BCUT2D eigenvalue weighted by atomic mass is 10.0. The van der Waals surface area contributed by atoms with E-state index in [2.05, 4.69) is 5.32 Å². The maximum absolute atomic E-state index is 12.1. The van der Waals surface area contributed by atoms with E-state index in [0.29, 0.717) is 29.7 Å². The number of carbonyl (C=O) groups excluding carboxylic acids is 1. The van der Waals surface area contributed by atoms with Gasteiger partial charge in [0.25, 0.3) is 0 Å². The molecule has 3 rings (SSSR count). The van der Waals surface area contributed by atoms with E-state index in [0.717, 1.165) is 31.1 Å². The minimum absolute atomic E-state index is 0.314. The number of fused-ring (bicyclic) bond motifs is 1. The molecular formula is C13H20ClNO. The van der Waals surface area contributed by atoms with Gasteiger partial charge in [-0.25, -0.2) is 0 Å². The predicted octanol–water partition coefficient (Wildman–Crippen LogP) is 2.56. The maximum atomic E-state index is 12.1. The first kappa shape index (κ1) is 10.9. The number of halogens is 1. The first-order valence-electron chi connectivity index (χ1n) is 6.64. The molecule has 0 aromatic heterocycles. The molecule has 1 amide bonds. The van der Waals surface area contributed by atoms with Gasteiger partial charge in [-0.3, -0.25) is 4.79 Å². The molecule has 0 saturated heterocycles. The van der Waals surface area contributed by atoms with E-state index in [-0.39, 0.29) is 0 Å². The Balaban J connectivity index is 1.52. The second-order valence-electron chi connectivity index (χ2n) is 5.88. The summed E-state index contributed by atoms with van der Waals surface area (Å²) in [7, 11) is 0. The number of amides is 1. The molecule has 3 heteroatoms. The average Bonchev–Trinajstić information content (AvgIpc) is 2.75. The molecule has 0 spiro atoms. The van der Waals surface area contributed by atoms with Gasteiger partial charge in [0.15, 0.2) is 0 Å². The minimum Gasteiger partial charge on any atom is -0.353 e. The van der Waals surface area contributed by atoms with Crippen LogP contribution >= 0.6 is 11.6 Å². The Kier molecular flexibility index (Phi) is 2.87. The van der Waals surface area contributed by atoms with E-state index < -0.39 is 0 Å². The Morgan fingerprint density at radius 3 is 2.62 bits per heavy atom. The molecule has 90 valence electrons. The van der Waals surface area contributed by atoms with Crippen LogP contribution in [0.2, 0.25) is 0 Å². The number of carbonyl (C=O) groups is 1. The molecule has 2 nitrogen and oxygen atoms in total. The highest BCUT2D eigenvalue weighted by Crippen LogP contribution is 2.54. The normalized spacial score (nSPS) is 45.4. The monoisotopic (exact) mass is 241 g/mol. The Labute approximate surface area is 102 Å². The van der Waals surface area contributed by atoms with Crippen molar-refractivity contribution < 1.29 is 4.79 Å². The van der Waals surface area contributed by atoms with E-state index in [1.807, 2.05) is 0 Å². The Morgan fingerprint density at radius 2 is 1.94 bits per heavy atom. The zero-order valence-electron chi connectivity index (χ0n) is 9.62. The van der Waals surface area contributed by atoms with Crippen LogP contribution in [0.15, 0.2) is 0 Å². The summed E-state index contributed by atoms with van der Waals surface area (Å²) in [5.74, 6) is 3.63. The van der Waals surface area contributed by atoms with Crippen molar-refractivity contribution in [3.05, 3.63) is 0 Å². The van der Waals surface area contributed by atoms with Crippen LogP contribution in [-0.2, 0) is 4.79 Å². The van der Waals surface area contributed by atoms with Gasteiger partial charge in [0.05, 0.1) is 0 Å².